The summed E-state index contributed by atoms with van der Waals surface area (Å²) in [5.41, 5.74) is 1.41. The molecule has 22 heavy (non-hydrogen) atoms. The minimum Gasteiger partial charge on any atom is -0.392 e. The molecule has 0 saturated carbocycles. The Kier molecular flexibility index (Phi) is 3.50. The molecule has 0 unspecified atom stereocenters. The SMILES string of the molecule is CCN1c2ncc(CO)cc2C(=O)N(C)c2ccc(F)nc21. The second-order valence-electron chi connectivity index (χ2n) is 4.96. The number of amides is 1. The van der Waals surface area contributed by atoms with Gasteiger partial charge in [-0.15, -0.1) is 0 Å². The predicted octanol–water partition coefficient (Wildman–Crippen LogP) is 1.86. The average molecular weight is 302 g/mol. The highest BCUT2D eigenvalue weighted by molar-refractivity contribution is 6.12. The summed E-state index contributed by atoms with van der Waals surface area (Å²) >= 11 is 0. The molecule has 0 spiro atoms. The van der Waals surface area contributed by atoms with Crippen molar-refractivity contribution in [3.63, 3.8) is 0 Å². The highest BCUT2D eigenvalue weighted by atomic mass is 19.1. The molecular weight excluding hydrogens is 287 g/mol. The number of fused-ring (bicyclic) bond motifs is 2. The van der Waals surface area contributed by atoms with Gasteiger partial charge in [-0.2, -0.15) is 9.37 Å². The number of halogens is 1. The number of pyridine rings is 2. The van der Waals surface area contributed by atoms with Crippen LogP contribution in [-0.4, -0.2) is 34.6 Å². The summed E-state index contributed by atoms with van der Waals surface area (Å²) in [4.78, 5) is 24.0. The second kappa shape index (κ2) is 5.34. The van der Waals surface area contributed by atoms with Crippen LogP contribution in [0, 0.1) is 5.95 Å². The first-order valence-corrected chi connectivity index (χ1v) is 6.88. The van der Waals surface area contributed by atoms with Crippen molar-refractivity contribution < 1.29 is 14.3 Å². The maximum atomic E-state index is 13.6. The molecule has 0 aliphatic carbocycles. The lowest BCUT2D eigenvalue weighted by molar-refractivity contribution is 0.0994. The highest BCUT2D eigenvalue weighted by Gasteiger charge is 2.30. The van der Waals surface area contributed by atoms with Crippen LogP contribution in [0.3, 0.4) is 0 Å². The quantitative estimate of drug-likeness (QED) is 0.857. The summed E-state index contributed by atoms with van der Waals surface area (Å²) in [6, 6.07) is 4.35. The molecule has 0 aromatic carbocycles. The van der Waals surface area contributed by atoms with Gasteiger partial charge in [-0.3, -0.25) is 4.79 Å². The highest BCUT2D eigenvalue weighted by Crippen LogP contribution is 2.37. The Morgan fingerprint density at radius 2 is 2.09 bits per heavy atom. The van der Waals surface area contributed by atoms with Gasteiger partial charge < -0.3 is 14.9 Å². The monoisotopic (exact) mass is 302 g/mol. The summed E-state index contributed by atoms with van der Waals surface area (Å²) in [7, 11) is 1.61. The zero-order valence-corrected chi connectivity index (χ0v) is 12.2. The zero-order valence-electron chi connectivity index (χ0n) is 12.2. The number of hydrogen-bond acceptors (Lipinski definition) is 5. The van der Waals surface area contributed by atoms with E-state index in [0.29, 0.717) is 35.0 Å². The number of hydrogen-bond donors (Lipinski definition) is 1. The van der Waals surface area contributed by atoms with E-state index in [1.807, 2.05) is 6.92 Å². The number of carbonyl (C=O) groups is 1. The summed E-state index contributed by atoms with van der Waals surface area (Å²) < 4.78 is 13.6. The summed E-state index contributed by atoms with van der Waals surface area (Å²) in [5, 5.41) is 9.25. The number of aromatic nitrogens is 2. The van der Waals surface area contributed by atoms with Gasteiger partial charge in [-0.05, 0) is 30.7 Å². The molecule has 0 bridgehead atoms. The molecule has 0 fully saturated rings. The largest absolute Gasteiger partial charge is 0.392 e. The molecule has 1 aliphatic rings. The lowest BCUT2D eigenvalue weighted by Crippen LogP contribution is -2.25. The van der Waals surface area contributed by atoms with Crippen LogP contribution in [0.1, 0.15) is 22.8 Å². The number of rotatable bonds is 2. The number of anilines is 3. The zero-order chi connectivity index (χ0) is 15.9. The Labute approximate surface area is 126 Å². The van der Waals surface area contributed by atoms with Crippen molar-refractivity contribution in [1.82, 2.24) is 9.97 Å². The van der Waals surface area contributed by atoms with Crippen molar-refractivity contribution in [1.29, 1.82) is 0 Å². The van der Waals surface area contributed by atoms with Crippen LogP contribution in [0.25, 0.3) is 0 Å². The molecule has 0 atom stereocenters. The van der Waals surface area contributed by atoms with Crippen LogP contribution >= 0.6 is 0 Å². The average Bonchev–Trinajstić information content (AvgIpc) is 2.62. The molecule has 3 heterocycles. The molecule has 3 rings (SSSR count). The van der Waals surface area contributed by atoms with Crippen molar-refractivity contribution in [3.05, 3.63) is 41.5 Å². The molecule has 7 heteroatoms. The fraction of sp³-hybridized carbons (Fsp3) is 0.267. The Morgan fingerprint density at radius 3 is 2.77 bits per heavy atom. The normalized spacial score (nSPS) is 13.7. The van der Waals surface area contributed by atoms with Gasteiger partial charge in [0.05, 0.1) is 17.9 Å². The summed E-state index contributed by atoms with van der Waals surface area (Å²) in [5.74, 6) is -0.133. The fourth-order valence-electron chi connectivity index (χ4n) is 2.53. The first-order valence-electron chi connectivity index (χ1n) is 6.88. The Hall–Kier alpha value is -2.54. The maximum Gasteiger partial charge on any atom is 0.261 e. The maximum absolute atomic E-state index is 13.6. The summed E-state index contributed by atoms with van der Waals surface area (Å²) in [6.07, 6.45) is 1.50. The first kappa shape index (κ1) is 14.4. The topological polar surface area (TPSA) is 69.6 Å². The third-order valence-electron chi connectivity index (χ3n) is 3.65. The molecule has 1 aliphatic heterocycles. The van der Waals surface area contributed by atoms with E-state index in [1.54, 1.807) is 18.0 Å². The van der Waals surface area contributed by atoms with Crippen LogP contribution in [0.5, 0.6) is 0 Å². The van der Waals surface area contributed by atoms with Crippen molar-refractivity contribution >= 4 is 23.2 Å². The predicted molar refractivity (Wildman–Crippen MR) is 79.8 cm³/mol. The van der Waals surface area contributed by atoms with Gasteiger partial charge in [0.2, 0.25) is 5.95 Å². The number of aliphatic hydroxyl groups is 1. The molecule has 0 saturated heterocycles. The van der Waals surface area contributed by atoms with E-state index in [2.05, 4.69) is 9.97 Å². The van der Waals surface area contributed by atoms with Crippen molar-refractivity contribution in [2.45, 2.75) is 13.5 Å². The Morgan fingerprint density at radius 1 is 1.32 bits per heavy atom. The molecule has 1 N–H and O–H groups in total. The van der Waals surface area contributed by atoms with Crippen LogP contribution in [0.15, 0.2) is 24.4 Å². The number of carbonyl (C=O) groups excluding carboxylic acids is 1. The molecular formula is C15H15FN4O2. The molecule has 1 amide bonds. The smallest absolute Gasteiger partial charge is 0.261 e. The van der Waals surface area contributed by atoms with Crippen molar-refractivity contribution in [2.24, 2.45) is 0 Å². The van der Waals surface area contributed by atoms with E-state index < -0.39 is 5.95 Å². The van der Waals surface area contributed by atoms with E-state index in [1.165, 1.54) is 23.2 Å². The van der Waals surface area contributed by atoms with Crippen molar-refractivity contribution in [3.8, 4) is 0 Å². The minimum absolute atomic E-state index is 0.205. The van der Waals surface area contributed by atoms with E-state index in [4.69, 9.17) is 0 Å². The fourth-order valence-corrected chi connectivity index (χ4v) is 2.53. The standard InChI is InChI=1S/C15H15FN4O2/c1-3-20-13-10(6-9(8-21)7-17-13)15(22)19(2)11-4-5-12(16)18-14(11)20/h4-7,21H,3,8H2,1-2H3. The third-order valence-corrected chi connectivity index (χ3v) is 3.65. The summed E-state index contributed by atoms with van der Waals surface area (Å²) in [6.45, 7) is 2.14. The van der Waals surface area contributed by atoms with Gasteiger partial charge >= 0.3 is 0 Å². The van der Waals surface area contributed by atoms with Gasteiger partial charge in [0.1, 0.15) is 5.82 Å². The lowest BCUT2D eigenvalue weighted by atomic mass is 10.1. The number of aliphatic hydroxyl groups excluding tert-OH is 1. The van der Waals surface area contributed by atoms with Gasteiger partial charge in [0.15, 0.2) is 5.82 Å². The van der Waals surface area contributed by atoms with Crippen molar-refractivity contribution in [2.75, 3.05) is 23.4 Å². The molecule has 6 nitrogen and oxygen atoms in total. The van der Waals surface area contributed by atoms with Crippen LogP contribution in [-0.2, 0) is 6.61 Å². The Balaban J connectivity index is 2.29. The van der Waals surface area contributed by atoms with E-state index in [-0.39, 0.29) is 12.5 Å². The third kappa shape index (κ3) is 2.10. The molecule has 0 radical (unpaired) electrons. The number of nitrogens with zero attached hydrogens (tertiary/aromatic N) is 4. The lowest BCUT2D eigenvalue weighted by Gasteiger charge is -2.22. The van der Waals surface area contributed by atoms with E-state index in [9.17, 15) is 14.3 Å². The molecule has 114 valence electrons. The Bertz CT molecular complexity index is 750. The van der Waals surface area contributed by atoms with Crippen LogP contribution < -0.4 is 9.80 Å². The van der Waals surface area contributed by atoms with E-state index >= 15 is 0 Å². The van der Waals surface area contributed by atoms with Crippen LogP contribution in [0.4, 0.5) is 21.7 Å². The van der Waals surface area contributed by atoms with E-state index in [0.717, 1.165) is 0 Å². The minimum atomic E-state index is -0.617. The van der Waals surface area contributed by atoms with Gasteiger partial charge in [-0.1, -0.05) is 0 Å². The van der Waals surface area contributed by atoms with Crippen LogP contribution in [0.2, 0.25) is 0 Å². The van der Waals surface area contributed by atoms with Gasteiger partial charge in [-0.25, -0.2) is 4.98 Å². The molecule has 2 aromatic heterocycles. The second-order valence-corrected chi connectivity index (χ2v) is 4.96. The van der Waals surface area contributed by atoms with Gasteiger partial charge in [0, 0.05) is 19.8 Å². The first-order chi connectivity index (χ1) is 10.6. The molecule has 2 aromatic rings. The van der Waals surface area contributed by atoms with Gasteiger partial charge in [0.25, 0.3) is 5.91 Å².